The normalized spacial score (nSPS) is 10.2. The number of nitrogens with two attached hydrogens (primary N) is 1. The monoisotopic (exact) mass is 287 g/mol. The van der Waals surface area contributed by atoms with Gasteiger partial charge in [-0.2, -0.15) is 0 Å². The number of imidazole rings is 1. The second-order valence-corrected chi connectivity index (χ2v) is 4.43. The van der Waals surface area contributed by atoms with E-state index in [1.165, 1.54) is 12.5 Å². The molecule has 1 aromatic carbocycles. The second kappa shape index (κ2) is 6.67. The number of aryl methyl sites for hydroxylation is 1. The molecule has 7 heteroatoms. The molecule has 0 aliphatic heterocycles. The highest BCUT2D eigenvalue weighted by Crippen LogP contribution is 2.16. The molecule has 0 radical (unpaired) electrons. The Bertz CT molecular complexity index is 650. The summed E-state index contributed by atoms with van der Waals surface area (Å²) < 4.78 is 1.60. The molecule has 0 atom stereocenters. The summed E-state index contributed by atoms with van der Waals surface area (Å²) >= 11 is 0. The van der Waals surface area contributed by atoms with Crippen LogP contribution in [0.3, 0.4) is 0 Å². The minimum absolute atomic E-state index is 0.277. The lowest BCUT2D eigenvalue weighted by atomic mass is 10.1. The summed E-state index contributed by atoms with van der Waals surface area (Å²) in [5.74, 6) is -0.601. The fourth-order valence-corrected chi connectivity index (χ4v) is 1.83. The van der Waals surface area contributed by atoms with E-state index in [2.05, 4.69) is 15.6 Å². The Labute approximate surface area is 122 Å². The number of hydrogen-bond donors (Lipinski definition) is 3. The van der Waals surface area contributed by atoms with Gasteiger partial charge in [0.2, 0.25) is 0 Å². The van der Waals surface area contributed by atoms with Crippen molar-refractivity contribution in [2.24, 2.45) is 12.8 Å². The van der Waals surface area contributed by atoms with Gasteiger partial charge in [0.05, 0.1) is 23.8 Å². The number of amides is 2. The summed E-state index contributed by atoms with van der Waals surface area (Å²) in [7, 11) is 1.72. The van der Waals surface area contributed by atoms with Crippen molar-refractivity contribution in [3.63, 3.8) is 0 Å². The predicted octanol–water partition coefficient (Wildman–Crippen LogP) is 0.361. The summed E-state index contributed by atoms with van der Waals surface area (Å²) in [5, 5.41) is 5.39. The van der Waals surface area contributed by atoms with Gasteiger partial charge in [0.25, 0.3) is 11.8 Å². The standard InChI is InChI=1S/C14H17N5O2/c1-19-9-16-8-12(19)14(21)18-11-5-3-2-4-10(11)13(20)17-7-6-15/h2-5,8-9H,6-7,15H2,1H3,(H,17,20)(H,18,21). The molecule has 2 amide bonds. The molecule has 0 spiro atoms. The van der Waals surface area contributed by atoms with Crippen LogP contribution in [0.25, 0.3) is 0 Å². The van der Waals surface area contributed by atoms with E-state index in [0.29, 0.717) is 30.0 Å². The molecule has 21 heavy (non-hydrogen) atoms. The maximum atomic E-state index is 12.2. The van der Waals surface area contributed by atoms with Crippen LogP contribution in [-0.4, -0.2) is 34.5 Å². The number of aromatic nitrogens is 2. The summed E-state index contributed by atoms with van der Waals surface area (Å²) in [6, 6.07) is 6.80. The van der Waals surface area contributed by atoms with Crippen LogP contribution >= 0.6 is 0 Å². The third-order valence-corrected chi connectivity index (χ3v) is 2.90. The van der Waals surface area contributed by atoms with Gasteiger partial charge < -0.3 is 20.9 Å². The molecule has 0 bridgehead atoms. The fraction of sp³-hybridized carbons (Fsp3) is 0.214. The number of nitrogens with one attached hydrogen (secondary N) is 2. The van der Waals surface area contributed by atoms with Crippen molar-refractivity contribution in [2.75, 3.05) is 18.4 Å². The number of carbonyl (C=O) groups excluding carboxylic acids is 2. The van der Waals surface area contributed by atoms with Crippen molar-refractivity contribution in [2.45, 2.75) is 0 Å². The summed E-state index contributed by atoms with van der Waals surface area (Å²) in [6.07, 6.45) is 3.00. The quantitative estimate of drug-likeness (QED) is 0.739. The maximum absolute atomic E-state index is 12.2. The Kier molecular flexibility index (Phi) is 4.68. The highest BCUT2D eigenvalue weighted by atomic mass is 16.2. The highest BCUT2D eigenvalue weighted by molar-refractivity contribution is 6.08. The maximum Gasteiger partial charge on any atom is 0.273 e. The molecule has 0 saturated heterocycles. The number of carbonyl (C=O) groups is 2. The zero-order valence-corrected chi connectivity index (χ0v) is 11.7. The minimum atomic E-state index is -0.325. The summed E-state index contributed by atoms with van der Waals surface area (Å²) in [6.45, 7) is 0.734. The van der Waals surface area contributed by atoms with Crippen LogP contribution in [0.4, 0.5) is 5.69 Å². The van der Waals surface area contributed by atoms with E-state index in [-0.39, 0.29) is 11.8 Å². The van der Waals surface area contributed by atoms with Gasteiger partial charge in [-0.25, -0.2) is 4.98 Å². The average molecular weight is 287 g/mol. The molecule has 7 nitrogen and oxygen atoms in total. The smallest absolute Gasteiger partial charge is 0.273 e. The molecular weight excluding hydrogens is 270 g/mol. The first-order valence-electron chi connectivity index (χ1n) is 6.48. The minimum Gasteiger partial charge on any atom is -0.351 e. The molecule has 110 valence electrons. The third-order valence-electron chi connectivity index (χ3n) is 2.90. The van der Waals surface area contributed by atoms with Gasteiger partial charge in [0.15, 0.2) is 0 Å². The predicted molar refractivity (Wildman–Crippen MR) is 79.0 cm³/mol. The van der Waals surface area contributed by atoms with Crippen LogP contribution < -0.4 is 16.4 Å². The second-order valence-electron chi connectivity index (χ2n) is 4.43. The van der Waals surface area contributed by atoms with Crippen LogP contribution in [0.1, 0.15) is 20.8 Å². The van der Waals surface area contributed by atoms with Crippen LogP contribution in [-0.2, 0) is 7.05 Å². The zero-order valence-electron chi connectivity index (χ0n) is 11.7. The van der Waals surface area contributed by atoms with Crippen molar-refractivity contribution >= 4 is 17.5 Å². The van der Waals surface area contributed by atoms with Crippen LogP contribution in [0.2, 0.25) is 0 Å². The highest BCUT2D eigenvalue weighted by Gasteiger charge is 2.15. The van der Waals surface area contributed by atoms with Crippen molar-refractivity contribution < 1.29 is 9.59 Å². The van der Waals surface area contributed by atoms with Gasteiger partial charge >= 0.3 is 0 Å². The SMILES string of the molecule is Cn1cncc1C(=O)Nc1ccccc1C(=O)NCCN. The van der Waals surface area contributed by atoms with Crippen LogP contribution in [0, 0.1) is 0 Å². The first-order valence-corrected chi connectivity index (χ1v) is 6.48. The van der Waals surface area contributed by atoms with Crippen molar-refractivity contribution in [1.29, 1.82) is 0 Å². The van der Waals surface area contributed by atoms with E-state index in [1.54, 1.807) is 35.9 Å². The number of para-hydroxylation sites is 1. The lowest BCUT2D eigenvalue weighted by Gasteiger charge is -2.11. The molecule has 0 aliphatic rings. The molecule has 1 aromatic heterocycles. The van der Waals surface area contributed by atoms with Crippen molar-refractivity contribution in [3.8, 4) is 0 Å². The van der Waals surface area contributed by atoms with E-state index in [4.69, 9.17) is 5.73 Å². The van der Waals surface area contributed by atoms with Gasteiger partial charge in [-0.3, -0.25) is 9.59 Å². The first-order chi connectivity index (χ1) is 10.1. The number of benzene rings is 1. The van der Waals surface area contributed by atoms with Crippen LogP contribution in [0.15, 0.2) is 36.8 Å². The van der Waals surface area contributed by atoms with E-state index >= 15 is 0 Å². The van der Waals surface area contributed by atoms with E-state index in [0.717, 1.165) is 0 Å². The number of anilines is 1. The molecule has 0 aliphatic carbocycles. The molecular formula is C14H17N5O2. The molecule has 0 unspecified atom stereocenters. The molecule has 0 fully saturated rings. The fourth-order valence-electron chi connectivity index (χ4n) is 1.83. The van der Waals surface area contributed by atoms with Gasteiger partial charge in [-0.1, -0.05) is 12.1 Å². The van der Waals surface area contributed by atoms with Gasteiger partial charge in [-0.15, -0.1) is 0 Å². The van der Waals surface area contributed by atoms with E-state index in [9.17, 15) is 9.59 Å². The zero-order chi connectivity index (χ0) is 15.2. The summed E-state index contributed by atoms with van der Waals surface area (Å²) in [4.78, 5) is 28.1. The third kappa shape index (κ3) is 3.46. The molecule has 1 heterocycles. The molecule has 2 aromatic rings. The molecule has 4 N–H and O–H groups in total. The van der Waals surface area contributed by atoms with Gasteiger partial charge in [-0.05, 0) is 12.1 Å². The molecule has 0 saturated carbocycles. The van der Waals surface area contributed by atoms with Crippen LogP contribution in [0.5, 0.6) is 0 Å². The largest absolute Gasteiger partial charge is 0.351 e. The van der Waals surface area contributed by atoms with Crippen molar-refractivity contribution in [1.82, 2.24) is 14.9 Å². The van der Waals surface area contributed by atoms with Crippen molar-refractivity contribution in [3.05, 3.63) is 48.0 Å². The summed E-state index contributed by atoms with van der Waals surface area (Å²) in [5.41, 5.74) is 6.60. The van der Waals surface area contributed by atoms with Gasteiger partial charge in [0, 0.05) is 20.1 Å². The number of hydrogen-bond acceptors (Lipinski definition) is 4. The Morgan fingerprint density at radius 3 is 2.71 bits per heavy atom. The number of nitrogens with zero attached hydrogens (tertiary/aromatic N) is 2. The Hall–Kier alpha value is -2.67. The van der Waals surface area contributed by atoms with E-state index in [1.807, 2.05) is 0 Å². The molecule has 2 rings (SSSR count). The topological polar surface area (TPSA) is 102 Å². The Morgan fingerprint density at radius 2 is 2.05 bits per heavy atom. The first kappa shape index (κ1) is 14.7. The average Bonchev–Trinajstić information content (AvgIpc) is 2.91. The number of rotatable bonds is 5. The Balaban J connectivity index is 2.19. The van der Waals surface area contributed by atoms with E-state index < -0.39 is 0 Å². The lowest BCUT2D eigenvalue weighted by molar-refractivity contribution is 0.0955. The van der Waals surface area contributed by atoms with Gasteiger partial charge in [0.1, 0.15) is 5.69 Å². The Morgan fingerprint density at radius 1 is 1.29 bits per heavy atom. The lowest BCUT2D eigenvalue weighted by Crippen LogP contribution is -2.30.